The molecule has 7 fully saturated rings. The molecular formula is C57H88O23. The molecule has 23 nitrogen and oxygen atoms in total. The van der Waals surface area contributed by atoms with E-state index in [-0.39, 0.29) is 24.7 Å². The van der Waals surface area contributed by atoms with Gasteiger partial charge in [0.05, 0.1) is 44.1 Å². The van der Waals surface area contributed by atoms with Crippen LogP contribution in [0.1, 0.15) is 114 Å². The van der Waals surface area contributed by atoms with Crippen molar-refractivity contribution < 1.29 is 114 Å². The first-order valence-corrected chi connectivity index (χ1v) is 28.2. The van der Waals surface area contributed by atoms with E-state index in [0.29, 0.717) is 43.3 Å². The van der Waals surface area contributed by atoms with Crippen LogP contribution in [0.5, 0.6) is 0 Å². The van der Waals surface area contributed by atoms with E-state index in [2.05, 4.69) is 26.8 Å². The fraction of sp³-hybridized carbons (Fsp3) is 0.842. The van der Waals surface area contributed by atoms with Crippen molar-refractivity contribution in [3.63, 3.8) is 0 Å². The van der Waals surface area contributed by atoms with Gasteiger partial charge in [0.25, 0.3) is 0 Å². The second-order valence-corrected chi connectivity index (χ2v) is 25.8. The van der Waals surface area contributed by atoms with E-state index in [1.54, 1.807) is 39.8 Å². The molecule has 0 radical (unpaired) electrons. The maximum Gasteiger partial charge on any atom is 0.335 e. The molecule has 454 valence electrons. The number of carbonyl (C=O) groups is 3. The van der Waals surface area contributed by atoms with Gasteiger partial charge in [0.2, 0.25) is 0 Å². The zero-order chi connectivity index (χ0) is 59.1. The highest BCUT2D eigenvalue weighted by atomic mass is 16.8. The monoisotopic (exact) mass is 1140 g/mol. The number of aliphatic hydroxyl groups is 11. The van der Waals surface area contributed by atoms with E-state index in [9.17, 15) is 75.7 Å². The number of ether oxygens (including phenoxy) is 8. The van der Waals surface area contributed by atoms with Crippen LogP contribution in [0.2, 0.25) is 0 Å². The molecule has 0 aromatic carbocycles. The molecular weight excluding hydrogens is 1050 g/mol. The van der Waals surface area contributed by atoms with Crippen molar-refractivity contribution >= 4 is 17.9 Å². The Labute approximate surface area is 466 Å². The van der Waals surface area contributed by atoms with Crippen molar-refractivity contribution in [2.45, 2.75) is 225 Å². The standard InChI is InChI=1S/C57H88O23/c1-11-25(3)47(71)79-44-45(80-48(72)26(4)12-2)57(24-61)28(19-52(44,5)6)27-13-14-32-53(7)17-16-34(54(8,23-60)31(53)15-18-55(32,9)56(27,10)20-33(57)62)75-51-43(78-50-39(67)37(65)35(63)29(21-58)73-50)41(40(68)42(77-51)46(69)70)76-49-38(66)36(64)30(22-59)74-49/h11-13,28-45,49-51,58-68H,14-24H2,1-10H3,(H,69,70)/t28?,29?,30-,31?,32?,33+,34-,35+,36?,37?,38-,39-,40-,41?,42?,43-,44-,45-,49-,50-,51+,53-,54+,55+,56+,57-/m0/s1. The molecule has 0 spiro atoms. The highest BCUT2D eigenvalue weighted by Gasteiger charge is 2.74. The Morgan fingerprint density at radius 3 is 1.73 bits per heavy atom. The Kier molecular flexibility index (Phi) is 18.2. The van der Waals surface area contributed by atoms with Crippen molar-refractivity contribution in [2.75, 3.05) is 26.4 Å². The Morgan fingerprint density at radius 2 is 1.19 bits per heavy atom. The summed E-state index contributed by atoms with van der Waals surface area (Å²) in [5.41, 5.74) is -3.55. The number of carboxylic acid groups (broad SMARTS) is 1. The van der Waals surface area contributed by atoms with Gasteiger partial charge in [-0.3, -0.25) is 0 Å². The van der Waals surface area contributed by atoms with Gasteiger partial charge in [-0.05, 0) is 107 Å². The molecule has 4 saturated carbocycles. The van der Waals surface area contributed by atoms with Gasteiger partial charge >= 0.3 is 17.9 Å². The summed E-state index contributed by atoms with van der Waals surface area (Å²) in [5.74, 6) is -3.87. The number of hydrogen-bond donors (Lipinski definition) is 12. The largest absolute Gasteiger partial charge is 0.479 e. The van der Waals surface area contributed by atoms with Gasteiger partial charge in [-0.2, -0.15) is 0 Å². The summed E-state index contributed by atoms with van der Waals surface area (Å²) in [6.07, 6.45) is -21.9. The van der Waals surface area contributed by atoms with E-state index in [1.165, 1.54) is 0 Å². The number of carbonyl (C=O) groups excluding carboxylic acids is 2. The van der Waals surface area contributed by atoms with Crippen LogP contribution in [-0.4, -0.2) is 216 Å². The third-order valence-electron chi connectivity index (χ3n) is 21.4. The van der Waals surface area contributed by atoms with Crippen LogP contribution in [0.4, 0.5) is 0 Å². The molecule has 0 amide bonds. The first-order valence-electron chi connectivity index (χ1n) is 28.2. The van der Waals surface area contributed by atoms with Crippen molar-refractivity contribution in [1.82, 2.24) is 0 Å². The number of carboxylic acids is 1. The number of esters is 2. The number of aliphatic hydroxyl groups excluding tert-OH is 11. The topological polar surface area (TPSA) is 368 Å². The fourth-order valence-corrected chi connectivity index (χ4v) is 16.2. The van der Waals surface area contributed by atoms with E-state index in [4.69, 9.17) is 37.9 Å². The van der Waals surface area contributed by atoms with Gasteiger partial charge in [-0.25, -0.2) is 14.4 Å². The van der Waals surface area contributed by atoms with E-state index in [0.717, 1.165) is 5.57 Å². The SMILES string of the molecule is CC=C(C)C(=O)O[C@H]1[C@H](OC(=O)C(C)=CC)[C@@]2(CO)C(CC1(C)C)C1=CCC3[C@@]4(C)CC[C@H](O[C@@H]5OC(C(=O)O)[C@@H](O)C(O[C@@H]6O[C@@H](CO)C(O)[C@@H]6O)[C@@H]5O[C@@H]5OC(CO)[C@@H](O)C(O)[C@@H]5O)[C@](C)(CO)C4CC[C@@]3(C)[C@]1(C)C[C@H]2O. The zero-order valence-corrected chi connectivity index (χ0v) is 47.5. The molecule has 23 heteroatoms. The number of hydrogen-bond acceptors (Lipinski definition) is 22. The Bertz CT molecular complexity index is 2380. The lowest BCUT2D eigenvalue weighted by atomic mass is 9.33. The highest BCUT2D eigenvalue weighted by Crippen LogP contribution is 2.76. The Hall–Kier alpha value is -3.05. The summed E-state index contributed by atoms with van der Waals surface area (Å²) in [6, 6.07) is 0. The molecule has 0 aromatic rings. The van der Waals surface area contributed by atoms with Gasteiger partial charge in [-0.1, -0.05) is 65.3 Å². The first kappa shape index (κ1) is 63.0. The second kappa shape index (κ2) is 23.1. The Balaban J connectivity index is 1.14. The predicted octanol–water partition coefficient (Wildman–Crippen LogP) is 0.264. The van der Waals surface area contributed by atoms with Crippen LogP contribution >= 0.6 is 0 Å². The van der Waals surface area contributed by atoms with Gasteiger partial charge in [-0.15, -0.1) is 0 Å². The minimum atomic E-state index is -2.15. The van der Waals surface area contributed by atoms with Gasteiger partial charge < -0.3 is 99.2 Å². The van der Waals surface area contributed by atoms with Crippen LogP contribution in [0.25, 0.3) is 0 Å². The van der Waals surface area contributed by atoms with E-state index < -0.39 is 193 Å². The molecule has 3 heterocycles. The molecule has 8 aliphatic rings. The van der Waals surface area contributed by atoms with Crippen molar-refractivity contribution in [3.05, 3.63) is 34.9 Å². The summed E-state index contributed by atoms with van der Waals surface area (Å²) in [7, 11) is 0. The fourth-order valence-electron chi connectivity index (χ4n) is 16.2. The average Bonchev–Trinajstić information content (AvgIpc) is 3.85. The summed E-state index contributed by atoms with van der Waals surface area (Å²) in [6.45, 7) is 16.4. The average molecular weight is 1140 g/mol. The molecule has 8 unspecified atom stereocenters. The zero-order valence-electron chi connectivity index (χ0n) is 47.5. The van der Waals surface area contributed by atoms with E-state index >= 15 is 0 Å². The number of fused-ring (bicyclic) bond motifs is 7. The molecule has 3 saturated heterocycles. The summed E-state index contributed by atoms with van der Waals surface area (Å²) < 4.78 is 49.0. The maximum absolute atomic E-state index is 13.8. The molecule has 8 rings (SSSR count). The molecule has 26 atom stereocenters. The quantitative estimate of drug-likeness (QED) is 0.0453. The first-order chi connectivity index (χ1) is 37.5. The minimum Gasteiger partial charge on any atom is -0.479 e. The summed E-state index contributed by atoms with van der Waals surface area (Å²) >= 11 is 0. The number of allylic oxidation sites excluding steroid dienone is 4. The van der Waals surface area contributed by atoms with Crippen LogP contribution in [0, 0.1) is 50.2 Å². The maximum atomic E-state index is 13.8. The van der Waals surface area contributed by atoms with E-state index in [1.807, 2.05) is 20.8 Å². The van der Waals surface area contributed by atoms with Crippen LogP contribution in [0.3, 0.4) is 0 Å². The molecule has 0 aromatic heterocycles. The second-order valence-electron chi connectivity index (χ2n) is 25.8. The van der Waals surface area contributed by atoms with Crippen molar-refractivity contribution in [1.29, 1.82) is 0 Å². The highest BCUT2D eigenvalue weighted by molar-refractivity contribution is 5.89. The third kappa shape index (κ3) is 9.95. The molecule has 0 bridgehead atoms. The lowest BCUT2D eigenvalue weighted by Crippen LogP contribution is -2.72. The molecule has 3 aliphatic heterocycles. The molecule has 12 N–H and O–H groups in total. The summed E-state index contributed by atoms with van der Waals surface area (Å²) in [4.78, 5) is 40.3. The van der Waals surface area contributed by atoms with Crippen molar-refractivity contribution in [3.8, 4) is 0 Å². The van der Waals surface area contributed by atoms with Crippen LogP contribution in [0.15, 0.2) is 34.9 Å². The van der Waals surface area contributed by atoms with Gasteiger partial charge in [0, 0.05) is 22.0 Å². The number of rotatable bonds is 15. The molecule has 80 heavy (non-hydrogen) atoms. The molecule has 5 aliphatic carbocycles. The smallest absolute Gasteiger partial charge is 0.335 e. The normalized spacial score (nSPS) is 49.3. The predicted molar refractivity (Wildman–Crippen MR) is 277 cm³/mol. The van der Waals surface area contributed by atoms with Gasteiger partial charge in [0.1, 0.15) is 67.1 Å². The van der Waals surface area contributed by atoms with Crippen LogP contribution in [-0.2, 0) is 52.3 Å². The minimum absolute atomic E-state index is 0.0864. The van der Waals surface area contributed by atoms with Gasteiger partial charge in [0.15, 0.2) is 31.1 Å². The van der Waals surface area contributed by atoms with Crippen LogP contribution < -0.4 is 0 Å². The van der Waals surface area contributed by atoms with Crippen molar-refractivity contribution in [2.24, 2.45) is 50.2 Å². The number of aliphatic carboxylic acids is 1. The Morgan fingerprint density at radius 1 is 0.637 bits per heavy atom. The lowest BCUT2D eigenvalue weighted by Gasteiger charge is -2.72. The lowest BCUT2D eigenvalue weighted by molar-refractivity contribution is -0.387. The third-order valence-corrected chi connectivity index (χ3v) is 21.4. The summed E-state index contributed by atoms with van der Waals surface area (Å²) in [5, 5.41) is 133.